The molecule has 3 rings (SSSR count). The second-order valence-corrected chi connectivity index (χ2v) is 8.65. The molecule has 1 saturated heterocycles. The maximum absolute atomic E-state index is 14.5. The van der Waals surface area contributed by atoms with E-state index >= 15 is 0 Å². The fourth-order valence-electron chi connectivity index (χ4n) is 2.95. The van der Waals surface area contributed by atoms with E-state index in [0.29, 0.717) is 10.6 Å². The molecule has 1 heterocycles. The second-order valence-electron chi connectivity index (χ2n) is 6.75. The third-order valence-electron chi connectivity index (χ3n) is 4.21. The highest BCUT2D eigenvalue weighted by Crippen LogP contribution is 2.36. The molecule has 0 spiro atoms. The van der Waals surface area contributed by atoms with Crippen molar-refractivity contribution in [1.82, 2.24) is 10.6 Å². The van der Waals surface area contributed by atoms with E-state index in [9.17, 15) is 4.39 Å². The standard InChI is InChI=1S/C19H22BrFN2OS/c1-19(2)11-22-18(23-19)14-5-4-6-15(21)17(14)25-10-12-9-13(20)7-8-16(12)24-3/h4-9,18,22-23H,10-11H2,1-3H3. The number of rotatable bonds is 5. The summed E-state index contributed by atoms with van der Waals surface area (Å²) in [6.45, 7) is 5.12. The number of hydrogen-bond donors (Lipinski definition) is 2. The van der Waals surface area contributed by atoms with Crippen molar-refractivity contribution in [1.29, 1.82) is 0 Å². The topological polar surface area (TPSA) is 33.3 Å². The molecule has 0 amide bonds. The largest absolute Gasteiger partial charge is 0.496 e. The van der Waals surface area contributed by atoms with Crippen LogP contribution >= 0.6 is 27.7 Å². The van der Waals surface area contributed by atoms with Crippen molar-refractivity contribution in [2.45, 2.75) is 36.2 Å². The monoisotopic (exact) mass is 424 g/mol. The summed E-state index contributed by atoms with van der Waals surface area (Å²) in [6.07, 6.45) is -0.0439. The second kappa shape index (κ2) is 7.66. The first-order valence-corrected chi connectivity index (χ1v) is 9.92. The van der Waals surface area contributed by atoms with Gasteiger partial charge in [0.05, 0.1) is 13.3 Å². The molecule has 1 atom stereocenters. The number of thioether (sulfide) groups is 1. The Morgan fingerprint density at radius 1 is 1.32 bits per heavy atom. The quantitative estimate of drug-likeness (QED) is 0.671. The normalized spacial score (nSPS) is 19.2. The zero-order chi connectivity index (χ0) is 18.0. The molecule has 2 aromatic carbocycles. The SMILES string of the molecule is COc1ccc(Br)cc1CSc1c(F)cccc1C1NCC(C)(C)N1. The summed E-state index contributed by atoms with van der Waals surface area (Å²) >= 11 is 4.98. The van der Waals surface area contributed by atoms with Crippen LogP contribution in [0.2, 0.25) is 0 Å². The van der Waals surface area contributed by atoms with Gasteiger partial charge < -0.3 is 4.74 Å². The Kier molecular flexibility index (Phi) is 5.73. The predicted octanol–water partition coefficient (Wildman–Crippen LogP) is 4.86. The number of benzene rings is 2. The Hall–Kier alpha value is -1.08. The molecule has 1 fully saturated rings. The van der Waals surface area contributed by atoms with Crippen LogP contribution in [0.25, 0.3) is 0 Å². The van der Waals surface area contributed by atoms with Gasteiger partial charge >= 0.3 is 0 Å². The number of halogens is 2. The van der Waals surface area contributed by atoms with Gasteiger partial charge in [0.2, 0.25) is 0 Å². The summed E-state index contributed by atoms with van der Waals surface area (Å²) in [6, 6.07) is 11.1. The van der Waals surface area contributed by atoms with Crippen LogP contribution in [0.5, 0.6) is 5.75 Å². The third kappa shape index (κ3) is 4.37. The molecule has 25 heavy (non-hydrogen) atoms. The fourth-order valence-corrected chi connectivity index (χ4v) is 4.45. The van der Waals surface area contributed by atoms with Crippen LogP contribution in [-0.2, 0) is 5.75 Å². The van der Waals surface area contributed by atoms with E-state index in [2.05, 4.69) is 40.4 Å². The molecule has 2 N–H and O–H groups in total. The number of nitrogens with one attached hydrogen (secondary N) is 2. The minimum Gasteiger partial charge on any atom is -0.496 e. The van der Waals surface area contributed by atoms with E-state index < -0.39 is 0 Å². The molecular formula is C19H22BrFN2OS. The van der Waals surface area contributed by atoms with Crippen LogP contribution < -0.4 is 15.4 Å². The summed E-state index contributed by atoms with van der Waals surface area (Å²) in [5, 5.41) is 6.96. The summed E-state index contributed by atoms with van der Waals surface area (Å²) < 4.78 is 21.0. The Labute approximate surface area is 160 Å². The van der Waals surface area contributed by atoms with Gasteiger partial charge in [0.25, 0.3) is 0 Å². The Morgan fingerprint density at radius 3 is 2.80 bits per heavy atom. The number of hydrogen-bond acceptors (Lipinski definition) is 4. The summed E-state index contributed by atoms with van der Waals surface area (Å²) in [4.78, 5) is 0.673. The third-order valence-corrected chi connectivity index (χ3v) is 5.87. The molecule has 2 aromatic rings. The highest BCUT2D eigenvalue weighted by Gasteiger charge is 2.32. The molecule has 0 aromatic heterocycles. The smallest absolute Gasteiger partial charge is 0.137 e. The molecule has 6 heteroatoms. The van der Waals surface area contributed by atoms with E-state index in [0.717, 1.165) is 27.9 Å². The lowest BCUT2D eigenvalue weighted by molar-refractivity contribution is 0.411. The molecule has 1 aliphatic rings. The van der Waals surface area contributed by atoms with Gasteiger partial charge in [0, 0.05) is 32.8 Å². The molecule has 0 saturated carbocycles. The highest BCUT2D eigenvalue weighted by molar-refractivity contribution is 9.10. The van der Waals surface area contributed by atoms with Crippen LogP contribution in [0.15, 0.2) is 45.8 Å². The average Bonchev–Trinajstić information content (AvgIpc) is 2.93. The molecule has 1 aliphatic heterocycles. The van der Waals surface area contributed by atoms with Crippen molar-refractivity contribution < 1.29 is 9.13 Å². The molecule has 134 valence electrons. The number of ether oxygens (including phenoxy) is 1. The van der Waals surface area contributed by atoms with Crippen LogP contribution in [-0.4, -0.2) is 19.2 Å². The molecular weight excluding hydrogens is 403 g/mol. The summed E-state index contributed by atoms with van der Waals surface area (Å²) in [7, 11) is 1.65. The predicted molar refractivity (Wildman–Crippen MR) is 105 cm³/mol. The van der Waals surface area contributed by atoms with Gasteiger partial charge in [-0.1, -0.05) is 28.1 Å². The Balaban J connectivity index is 1.85. The van der Waals surface area contributed by atoms with Crippen molar-refractivity contribution >= 4 is 27.7 Å². The fraction of sp³-hybridized carbons (Fsp3) is 0.368. The highest BCUT2D eigenvalue weighted by atomic mass is 79.9. The van der Waals surface area contributed by atoms with Crippen LogP contribution in [0.4, 0.5) is 4.39 Å². The lowest BCUT2D eigenvalue weighted by Gasteiger charge is -2.21. The van der Waals surface area contributed by atoms with Crippen molar-refractivity contribution in [2.24, 2.45) is 0 Å². The van der Waals surface area contributed by atoms with Gasteiger partial charge in [0.15, 0.2) is 0 Å². The molecule has 1 unspecified atom stereocenters. The maximum Gasteiger partial charge on any atom is 0.137 e. The maximum atomic E-state index is 14.5. The minimum atomic E-state index is -0.190. The van der Waals surface area contributed by atoms with Gasteiger partial charge in [-0.2, -0.15) is 0 Å². The zero-order valence-corrected chi connectivity index (χ0v) is 16.9. The Bertz CT molecular complexity index is 769. The minimum absolute atomic E-state index is 0.00750. The van der Waals surface area contributed by atoms with Gasteiger partial charge in [-0.25, -0.2) is 4.39 Å². The lowest BCUT2D eigenvalue weighted by atomic mass is 10.1. The first-order valence-electron chi connectivity index (χ1n) is 8.14. The van der Waals surface area contributed by atoms with Crippen LogP contribution in [0, 0.1) is 5.82 Å². The first kappa shape index (κ1) is 18.7. The van der Waals surface area contributed by atoms with Gasteiger partial charge in [-0.3, -0.25) is 10.6 Å². The average molecular weight is 425 g/mol. The molecule has 0 bridgehead atoms. The molecule has 3 nitrogen and oxygen atoms in total. The van der Waals surface area contributed by atoms with Crippen molar-refractivity contribution in [3.05, 3.63) is 57.8 Å². The molecule has 0 aliphatic carbocycles. The van der Waals surface area contributed by atoms with Crippen LogP contribution in [0.1, 0.15) is 31.1 Å². The lowest BCUT2D eigenvalue weighted by Crippen LogP contribution is -2.36. The van der Waals surface area contributed by atoms with Crippen molar-refractivity contribution in [3.8, 4) is 5.75 Å². The summed E-state index contributed by atoms with van der Waals surface area (Å²) in [5.74, 6) is 1.25. The van der Waals surface area contributed by atoms with E-state index in [-0.39, 0.29) is 17.5 Å². The van der Waals surface area contributed by atoms with Crippen molar-refractivity contribution in [2.75, 3.05) is 13.7 Å². The zero-order valence-electron chi connectivity index (χ0n) is 14.5. The van der Waals surface area contributed by atoms with Gasteiger partial charge in [0.1, 0.15) is 11.6 Å². The van der Waals surface area contributed by atoms with E-state index in [1.54, 1.807) is 13.2 Å². The van der Waals surface area contributed by atoms with Crippen LogP contribution in [0.3, 0.4) is 0 Å². The van der Waals surface area contributed by atoms with Gasteiger partial charge in [-0.05, 0) is 43.7 Å². The Morgan fingerprint density at radius 2 is 2.12 bits per heavy atom. The first-order chi connectivity index (χ1) is 11.9. The number of methoxy groups -OCH3 is 1. The molecule has 0 radical (unpaired) electrons. The van der Waals surface area contributed by atoms with Crippen molar-refractivity contribution in [3.63, 3.8) is 0 Å². The van der Waals surface area contributed by atoms with E-state index in [4.69, 9.17) is 4.74 Å². The summed E-state index contributed by atoms with van der Waals surface area (Å²) in [5.41, 5.74) is 1.97. The van der Waals surface area contributed by atoms with E-state index in [1.165, 1.54) is 17.8 Å². The van der Waals surface area contributed by atoms with E-state index in [1.807, 2.05) is 24.3 Å². The van der Waals surface area contributed by atoms with Gasteiger partial charge in [-0.15, -0.1) is 11.8 Å².